The van der Waals surface area contributed by atoms with Crippen molar-refractivity contribution in [3.8, 4) is 5.75 Å². The Kier molecular flexibility index (Phi) is 6.96. The van der Waals surface area contributed by atoms with Gasteiger partial charge in [-0.15, -0.1) is 0 Å². The average molecular weight is 394 g/mol. The molecule has 3 nitrogen and oxygen atoms in total. The molecule has 140 valence electrons. The first-order chi connectivity index (χ1) is 12.3. The minimum Gasteiger partial charge on any atom is -0.504 e. The van der Waals surface area contributed by atoms with Gasteiger partial charge in [-0.3, -0.25) is 4.79 Å². The molecular formula is C21H25Cl2NO2. The second kappa shape index (κ2) is 8.79. The van der Waals surface area contributed by atoms with Crippen LogP contribution in [-0.2, 0) is 17.6 Å². The van der Waals surface area contributed by atoms with Gasteiger partial charge in [0.05, 0.1) is 10.7 Å². The van der Waals surface area contributed by atoms with Crippen LogP contribution in [0.3, 0.4) is 0 Å². The van der Waals surface area contributed by atoms with Crippen molar-refractivity contribution in [3.63, 3.8) is 0 Å². The largest absolute Gasteiger partial charge is 0.504 e. The number of halogens is 2. The molecule has 0 bridgehead atoms. The number of aryl methyl sites for hydroxylation is 2. The van der Waals surface area contributed by atoms with Crippen LogP contribution in [0.15, 0.2) is 24.3 Å². The summed E-state index contributed by atoms with van der Waals surface area (Å²) in [6, 6.07) is 7.81. The Bertz CT molecular complexity index is 818. The molecule has 0 aliphatic carbocycles. The summed E-state index contributed by atoms with van der Waals surface area (Å²) < 4.78 is 0. The molecule has 0 heterocycles. The van der Waals surface area contributed by atoms with Gasteiger partial charge in [0.15, 0.2) is 5.75 Å². The Labute approximate surface area is 165 Å². The molecule has 0 saturated heterocycles. The molecule has 1 atom stereocenters. The maximum atomic E-state index is 12.7. The third-order valence-corrected chi connectivity index (χ3v) is 5.47. The van der Waals surface area contributed by atoms with E-state index >= 15 is 0 Å². The van der Waals surface area contributed by atoms with Gasteiger partial charge in [-0.05, 0) is 55.9 Å². The van der Waals surface area contributed by atoms with Crippen molar-refractivity contribution in [2.24, 2.45) is 5.92 Å². The molecule has 1 unspecified atom stereocenters. The fourth-order valence-electron chi connectivity index (χ4n) is 3.07. The lowest BCUT2D eigenvalue weighted by Crippen LogP contribution is -2.24. The fourth-order valence-corrected chi connectivity index (χ4v) is 3.79. The number of rotatable bonds is 6. The maximum Gasteiger partial charge on any atom is 0.227 e. The molecule has 2 N–H and O–H groups in total. The number of carbonyl (C=O) groups excluding carboxylic acids is 1. The SMILES string of the molecule is CCc1c(Cl)cc(NC(=O)C(CC)Cc2ccc(C)cc2C)c(O)c1Cl. The lowest BCUT2D eigenvalue weighted by atomic mass is 9.92. The standard InChI is InChI=1S/C21H25Cl2NO2/c1-5-14(10-15-8-7-12(3)9-13(15)4)21(26)24-18-11-17(22)16(6-2)19(23)20(18)25/h7-9,11,14,25H,5-6,10H2,1-4H3,(H,24,26). The van der Waals surface area contributed by atoms with Crippen LogP contribution in [0.25, 0.3) is 0 Å². The number of nitrogens with one attached hydrogen (secondary N) is 1. The molecule has 0 aliphatic heterocycles. The van der Waals surface area contributed by atoms with E-state index in [0.717, 1.165) is 5.56 Å². The van der Waals surface area contributed by atoms with Crippen LogP contribution in [0.2, 0.25) is 10.0 Å². The summed E-state index contributed by atoms with van der Waals surface area (Å²) in [6.45, 7) is 7.99. The van der Waals surface area contributed by atoms with Crippen LogP contribution < -0.4 is 5.32 Å². The molecule has 0 spiro atoms. The van der Waals surface area contributed by atoms with E-state index < -0.39 is 0 Å². The second-order valence-corrected chi connectivity index (χ2v) is 7.41. The fraction of sp³-hybridized carbons (Fsp3) is 0.381. The molecular weight excluding hydrogens is 369 g/mol. The third-order valence-electron chi connectivity index (χ3n) is 4.73. The molecule has 2 aromatic carbocycles. The van der Waals surface area contributed by atoms with E-state index in [9.17, 15) is 9.90 Å². The first-order valence-corrected chi connectivity index (χ1v) is 9.60. The highest BCUT2D eigenvalue weighted by Crippen LogP contribution is 2.39. The lowest BCUT2D eigenvalue weighted by molar-refractivity contribution is -0.119. The summed E-state index contributed by atoms with van der Waals surface area (Å²) in [7, 11) is 0. The Morgan fingerprint density at radius 1 is 1.19 bits per heavy atom. The number of anilines is 1. The van der Waals surface area contributed by atoms with Gasteiger partial charge < -0.3 is 10.4 Å². The smallest absolute Gasteiger partial charge is 0.227 e. The lowest BCUT2D eigenvalue weighted by Gasteiger charge is -2.18. The van der Waals surface area contributed by atoms with E-state index in [0.29, 0.717) is 29.8 Å². The van der Waals surface area contributed by atoms with Crippen LogP contribution in [0.5, 0.6) is 5.75 Å². The first kappa shape index (κ1) is 20.6. The summed E-state index contributed by atoms with van der Waals surface area (Å²) in [5.41, 5.74) is 4.46. The summed E-state index contributed by atoms with van der Waals surface area (Å²) >= 11 is 12.4. The van der Waals surface area contributed by atoms with Crippen molar-refractivity contribution in [3.05, 3.63) is 56.6 Å². The number of phenolic OH excluding ortho intramolecular Hbond substituents is 1. The topological polar surface area (TPSA) is 49.3 Å². The number of amides is 1. The van der Waals surface area contributed by atoms with E-state index in [-0.39, 0.29) is 28.3 Å². The average Bonchev–Trinajstić information content (AvgIpc) is 2.59. The molecule has 26 heavy (non-hydrogen) atoms. The Balaban J connectivity index is 2.22. The second-order valence-electron chi connectivity index (χ2n) is 6.63. The molecule has 0 saturated carbocycles. The highest BCUT2D eigenvalue weighted by molar-refractivity contribution is 6.37. The van der Waals surface area contributed by atoms with Gasteiger partial charge in [-0.25, -0.2) is 0 Å². The molecule has 0 fully saturated rings. The van der Waals surface area contributed by atoms with Gasteiger partial charge in [0.1, 0.15) is 0 Å². The van der Waals surface area contributed by atoms with Crippen molar-refractivity contribution < 1.29 is 9.90 Å². The van der Waals surface area contributed by atoms with Crippen LogP contribution in [-0.4, -0.2) is 11.0 Å². The van der Waals surface area contributed by atoms with Crippen molar-refractivity contribution in [1.82, 2.24) is 0 Å². The van der Waals surface area contributed by atoms with Gasteiger partial charge >= 0.3 is 0 Å². The van der Waals surface area contributed by atoms with Crippen molar-refractivity contribution in [1.29, 1.82) is 0 Å². The van der Waals surface area contributed by atoms with Crippen molar-refractivity contribution in [2.45, 2.75) is 47.0 Å². The zero-order chi connectivity index (χ0) is 19.4. The molecule has 0 aromatic heterocycles. The van der Waals surface area contributed by atoms with Crippen LogP contribution in [0, 0.1) is 19.8 Å². The Hall–Kier alpha value is -1.71. The van der Waals surface area contributed by atoms with Gasteiger partial charge in [-0.1, -0.05) is 60.8 Å². The molecule has 1 amide bonds. The molecule has 0 aliphatic rings. The third kappa shape index (κ3) is 4.52. The van der Waals surface area contributed by atoms with Gasteiger partial charge in [0.2, 0.25) is 5.91 Å². The number of phenols is 1. The van der Waals surface area contributed by atoms with Crippen LogP contribution >= 0.6 is 23.2 Å². The Morgan fingerprint density at radius 2 is 1.88 bits per heavy atom. The predicted molar refractivity (Wildman–Crippen MR) is 110 cm³/mol. The monoisotopic (exact) mass is 393 g/mol. The van der Waals surface area contributed by atoms with E-state index in [4.69, 9.17) is 23.2 Å². The molecule has 5 heteroatoms. The predicted octanol–water partition coefficient (Wildman–Crippen LogP) is 6.09. The summed E-state index contributed by atoms with van der Waals surface area (Å²) in [6.07, 6.45) is 1.93. The molecule has 2 aromatic rings. The minimum absolute atomic E-state index is 0.136. The number of hydrogen-bond acceptors (Lipinski definition) is 2. The molecule has 0 radical (unpaired) electrons. The number of carbonyl (C=O) groups is 1. The minimum atomic E-state index is -0.209. The van der Waals surface area contributed by atoms with Crippen molar-refractivity contribution in [2.75, 3.05) is 5.32 Å². The van der Waals surface area contributed by atoms with Gasteiger partial charge in [-0.2, -0.15) is 0 Å². The number of aromatic hydroxyl groups is 1. The number of hydrogen-bond donors (Lipinski definition) is 2. The molecule has 2 rings (SSSR count). The quantitative estimate of drug-likeness (QED) is 0.583. The Morgan fingerprint density at radius 3 is 2.46 bits per heavy atom. The van der Waals surface area contributed by atoms with Gasteiger partial charge in [0.25, 0.3) is 0 Å². The normalized spacial score (nSPS) is 12.1. The highest BCUT2D eigenvalue weighted by atomic mass is 35.5. The maximum absolute atomic E-state index is 12.7. The van der Waals surface area contributed by atoms with Crippen molar-refractivity contribution >= 4 is 34.8 Å². The summed E-state index contributed by atoms with van der Waals surface area (Å²) in [5, 5.41) is 13.7. The van der Waals surface area contributed by atoms with Crippen LogP contribution in [0.4, 0.5) is 5.69 Å². The zero-order valence-corrected chi connectivity index (χ0v) is 17.1. The van der Waals surface area contributed by atoms with E-state index in [1.165, 1.54) is 11.1 Å². The van der Waals surface area contributed by atoms with E-state index in [1.807, 2.05) is 13.8 Å². The summed E-state index contributed by atoms with van der Waals surface area (Å²) in [4.78, 5) is 12.7. The highest BCUT2D eigenvalue weighted by Gasteiger charge is 2.21. The summed E-state index contributed by atoms with van der Waals surface area (Å²) in [5.74, 6) is -0.499. The van der Waals surface area contributed by atoms with Crippen LogP contribution in [0.1, 0.15) is 42.5 Å². The van der Waals surface area contributed by atoms with Gasteiger partial charge in [0, 0.05) is 10.9 Å². The first-order valence-electron chi connectivity index (χ1n) is 8.85. The van der Waals surface area contributed by atoms with E-state index in [2.05, 4.69) is 37.4 Å². The van der Waals surface area contributed by atoms with E-state index in [1.54, 1.807) is 6.07 Å². The number of benzene rings is 2. The zero-order valence-electron chi connectivity index (χ0n) is 15.6.